The Morgan fingerprint density at radius 3 is 2.35 bits per heavy atom. The van der Waals surface area contributed by atoms with Gasteiger partial charge in [0, 0.05) is 6.42 Å². The first-order chi connectivity index (χ1) is 10.7. The van der Waals surface area contributed by atoms with Gasteiger partial charge in [-0.05, 0) is 30.5 Å². The number of aliphatic carboxylic acids is 1. The van der Waals surface area contributed by atoms with Gasteiger partial charge in [0.15, 0.2) is 11.5 Å². The Labute approximate surface area is 131 Å². The Hall–Kier alpha value is -2.81. The molecule has 0 spiro atoms. The Bertz CT molecular complexity index is 604. The standard InChI is InChI=1S/C14H19N3O6/c15-8(5-7-1-3-10(18)11(19)6-7)13(21)17-9(14(22)23)2-4-12(16)20/h1,3,6,8-9,18-19H,2,4-5,15H2,(H2,16,20)(H,17,21)(H,22,23)/t8-,9-/m0/s1. The molecule has 9 heteroatoms. The fourth-order valence-electron chi connectivity index (χ4n) is 1.87. The number of nitrogens with two attached hydrogens (primary N) is 2. The molecule has 2 amide bonds. The number of nitrogens with one attached hydrogen (secondary N) is 1. The molecule has 8 N–H and O–H groups in total. The third kappa shape index (κ3) is 5.83. The fraction of sp³-hybridized carbons (Fsp3) is 0.357. The monoisotopic (exact) mass is 325 g/mol. The summed E-state index contributed by atoms with van der Waals surface area (Å²) in [5.74, 6) is -3.33. The number of carboxylic acid groups (broad SMARTS) is 1. The minimum atomic E-state index is -1.30. The fourth-order valence-corrected chi connectivity index (χ4v) is 1.87. The summed E-state index contributed by atoms with van der Waals surface area (Å²) in [5.41, 5.74) is 11.1. The van der Waals surface area contributed by atoms with E-state index in [-0.39, 0.29) is 30.8 Å². The molecule has 0 unspecified atom stereocenters. The van der Waals surface area contributed by atoms with Crippen LogP contribution in [0.1, 0.15) is 18.4 Å². The van der Waals surface area contributed by atoms with E-state index in [2.05, 4.69) is 5.32 Å². The molecule has 126 valence electrons. The van der Waals surface area contributed by atoms with E-state index >= 15 is 0 Å². The average molecular weight is 325 g/mol. The van der Waals surface area contributed by atoms with Crippen molar-refractivity contribution in [3.8, 4) is 11.5 Å². The molecule has 0 saturated heterocycles. The van der Waals surface area contributed by atoms with Crippen LogP contribution in [-0.4, -0.2) is 45.2 Å². The summed E-state index contributed by atoms with van der Waals surface area (Å²) in [6, 6.07) is 1.65. The van der Waals surface area contributed by atoms with Crippen molar-refractivity contribution in [1.29, 1.82) is 0 Å². The second-order valence-corrected chi connectivity index (χ2v) is 5.04. The highest BCUT2D eigenvalue weighted by molar-refractivity contribution is 5.87. The van der Waals surface area contributed by atoms with Crippen LogP contribution in [0.15, 0.2) is 18.2 Å². The molecule has 1 aromatic carbocycles. The number of carboxylic acids is 1. The molecule has 0 aliphatic rings. The summed E-state index contributed by atoms with van der Waals surface area (Å²) in [4.78, 5) is 33.7. The summed E-state index contributed by atoms with van der Waals surface area (Å²) in [7, 11) is 0. The second-order valence-electron chi connectivity index (χ2n) is 5.04. The topological polar surface area (TPSA) is 176 Å². The number of phenols is 2. The molecule has 0 saturated carbocycles. The number of primary amides is 1. The van der Waals surface area contributed by atoms with Gasteiger partial charge in [-0.1, -0.05) is 6.07 Å². The molecule has 0 bridgehead atoms. The van der Waals surface area contributed by atoms with Crippen LogP contribution in [0.5, 0.6) is 11.5 Å². The smallest absolute Gasteiger partial charge is 0.326 e. The molecule has 0 heterocycles. The number of carbonyl (C=O) groups is 3. The summed E-state index contributed by atoms with van der Waals surface area (Å²) >= 11 is 0. The predicted octanol–water partition coefficient (Wildman–Crippen LogP) is -1.20. The lowest BCUT2D eigenvalue weighted by Gasteiger charge is -2.17. The highest BCUT2D eigenvalue weighted by Crippen LogP contribution is 2.25. The molecule has 9 nitrogen and oxygen atoms in total. The number of aromatic hydroxyl groups is 2. The maximum atomic E-state index is 11.9. The van der Waals surface area contributed by atoms with Gasteiger partial charge in [0.2, 0.25) is 11.8 Å². The average Bonchev–Trinajstić information content (AvgIpc) is 2.46. The first-order valence-electron chi connectivity index (χ1n) is 6.78. The third-order valence-electron chi connectivity index (χ3n) is 3.13. The molecule has 0 fully saturated rings. The maximum Gasteiger partial charge on any atom is 0.326 e. The molecular weight excluding hydrogens is 306 g/mol. The van der Waals surface area contributed by atoms with Crippen LogP contribution in [0.2, 0.25) is 0 Å². The molecule has 23 heavy (non-hydrogen) atoms. The van der Waals surface area contributed by atoms with Crippen LogP contribution in [0.4, 0.5) is 0 Å². The number of hydrogen-bond donors (Lipinski definition) is 6. The van der Waals surface area contributed by atoms with Crippen LogP contribution in [0.3, 0.4) is 0 Å². The van der Waals surface area contributed by atoms with E-state index in [1.165, 1.54) is 18.2 Å². The zero-order chi connectivity index (χ0) is 17.6. The zero-order valence-electron chi connectivity index (χ0n) is 12.2. The summed E-state index contributed by atoms with van der Waals surface area (Å²) in [5, 5.41) is 29.8. The van der Waals surface area contributed by atoms with Gasteiger partial charge in [0.05, 0.1) is 6.04 Å². The SMILES string of the molecule is NC(=O)CC[C@H](NC(=O)[C@@H](N)Cc1ccc(O)c(O)c1)C(=O)O. The lowest BCUT2D eigenvalue weighted by Crippen LogP contribution is -2.49. The second kappa shape index (κ2) is 7.99. The van der Waals surface area contributed by atoms with Gasteiger partial charge in [-0.3, -0.25) is 9.59 Å². The first-order valence-corrected chi connectivity index (χ1v) is 6.78. The van der Waals surface area contributed by atoms with E-state index in [4.69, 9.17) is 16.6 Å². The van der Waals surface area contributed by atoms with Crippen LogP contribution >= 0.6 is 0 Å². The van der Waals surface area contributed by atoms with Crippen molar-refractivity contribution < 1.29 is 29.7 Å². The van der Waals surface area contributed by atoms with Gasteiger partial charge in [0.25, 0.3) is 0 Å². The number of benzene rings is 1. The van der Waals surface area contributed by atoms with E-state index in [1.54, 1.807) is 0 Å². The highest BCUT2D eigenvalue weighted by atomic mass is 16.4. The van der Waals surface area contributed by atoms with E-state index in [9.17, 15) is 24.6 Å². The van der Waals surface area contributed by atoms with Crippen LogP contribution in [-0.2, 0) is 20.8 Å². The van der Waals surface area contributed by atoms with Gasteiger partial charge in [-0.2, -0.15) is 0 Å². The van der Waals surface area contributed by atoms with Crippen LogP contribution in [0, 0.1) is 0 Å². The van der Waals surface area contributed by atoms with Gasteiger partial charge < -0.3 is 32.1 Å². The Kier molecular flexibility index (Phi) is 6.34. The number of rotatable bonds is 8. The number of hydrogen-bond acceptors (Lipinski definition) is 6. The van der Waals surface area contributed by atoms with Gasteiger partial charge in [0.1, 0.15) is 6.04 Å². The van der Waals surface area contributed by atoms with Gasteiger partial charge >= 0.3 is 5.97 Å². The van der Waals surface area contributed by atoms with E-state index in [1.807, 2.05) is 0 Å². The number of carbonyl (C=O) groups excluding carboxylic acids is 2. The lowest BCUT2D eigenvalue weighted by molar-refractivity contribution is -0.142. The number of phenolic OH excluding ortho intramolecular Hbond substituents is 2. The molecule has 0 radical (unpaired) electrons. The van der Waals surface area contributed by atoms with Crippen molar-refractivity contribution in [1.82, 2.24) is 5.32 Å². The largest absolute Gasteiger partial charge is 0.504 e. The van der Waals surface area contributed by atoms with Crippen molar-refractivity contribution in [2.45, 2.75) is 31.3 Å². The van der Waals surface area contributed by atoms with Crippen LogP contribution < -0.4 is 16.8 Å². The zero-order valence-corrected chi connectivity index (χ0v) is 12.2. The number of amides is 2. The lowest BCUT2D eigenvalue weighted by atomic mass is 10.0. The van der Waals surface area contributed by atoms with Crippen LogP contribution in [0.25, 0.3) is 0 Å². The van der Waals surface area contributed by atoms with E-state index < -0.39 is 29.9 Å². The molecule has 1 rings (SSSR count). The van der Waals surface area contributed by atoms with Gasteiger partial charge in [-0.15, -0.1) is 0 Å². The minimum absolute atomic E-state index is 0.0296. The Morgan fingerprint density at radius 1 is 1.17 bits per heavy atom. The normalized spacial score (nSPS) is 13.1. The van der Waals surface area contributed by atoms with Crippen molar-refractivity contribution >= 4 is 17.8 Å². The molecule has 1 aromatic rings. The molecular formula is C14H19N3O6. The van der Waals surface area contributed by atoms with Crippen molar-refractivity contribution in [3.05, 3.63) is 23.8 Å². The van der Waals surface area contributed by atoms with Crippen molar-refractivity contribution in [3.63, 3.8) is 0 Å². The minimum Gasteiger partial charge on any atom is -0.504 e. The first kappa shape index (κ1) is 18.2. The van der Waals surface area contributed by atoms with E-state index in [0.29, 0.717) is 5.56 Å². The summed E-state index contributed by atoms with van der Waals surface area (Å²) < 4.78 is 0. The maximum absolute atomic E-state index is 11.9. The van der Waals surface area contributed by atoms with Crippen molar-refractivity contribution in [2.75, 3.05) is 0 Å². The Balaban J connectivity index is 2.65. The quantitative estimate of drug-likeness (QED) is 0.325. The molecule has 0 aliphatic heterocycles. The van der Waals surface area contributed by atoms with Crippen molar-refractivity contribution in [2.24, 2.45) is 11.5 Å². The van der Waals surface area contributed by atoms with Gasteiger partial charge in [-0.25, -0.2) is 4.79 Å². The molecule has 0 aromatic heterocycles. The molecule has 0 aliphatic carbocycles. The van der Waals surface area contributed by atoms with E-state index in [0.717, 1.165) is 0 Å². The Morgan fingerprint density at radius 2 is 1.83 bits per heavy atom. The molecule has 2 atom stereocenters. The summed E-state index contributed by atoms with van der Waals surface area (Å²) in [6.45, 7) is 0. The summed E-state index contributed by atoms with van der Waals surface area (Å²) in [6.07, 6.45) is -0.288. The predicted molar refractivity (Wildman–Crippen MR) is 79.4 cm³/mol. The third-order valence-corrected chi connectivity index (χ3v) is 3.13. The highest BCUT2D eigenvalue weighted by Gasteiger charge is 2.24.